The van der Waals surface area contributed by atoms with Crippen molar-refractivity contribution in [1.29, 1.82) is 0 Å². The van der Waals surface area contributed by atoms with Crippen LogP contribution in [-0.4, -0.2) is 23.3 Å². The van der Waals surface area contributed by atoms with Crippen molar-refractivity contribution in [2.24, 2.45) is 0 Å². The maximum absolute atomic E-state index is 10.7. The normalized spacial score (nSPS) is 26.7. The molecule has 2 rings (SSSR count). The van der Waals surface area contributed by atoms with Crippen molar-refractivity contribution in [2.45, 2.75) is 57.1 Å². The van der Waals surface area contributed by atoms with E-state index in [-0.39, 0.29) is 0 Å². The third kappa shape index (κ3) is 4.36. The van der Waals surface area contributed by atoms with Crippen molar-refractivity contribution >= 4 is 23.2 Å². The first-order valence-electron chi connectivity index (χ1n) is 7.42. The quantitative estimate of drug-likeness (QED) is 0.853. The lowest BCUT2D eigenvalue weighted by atomic mass is 9.78. The van der Waals surface area contributed by atoms with Gasteiger partial charge in [0.2, 0.25) is 0 Å². The van der Waals surface area contributed by atoms with Gasteiger partial charge < -0.3 is 10.4 Å². The summed E-state index contributed by atoms with van der Waals surface area (Å²) in [7, 11) is 0. The second-order valence-corrected chi connectivity index (χ2v) is 6.69. The summed E-state index contributed by atoms with van der Waals surface area (Å²) in [5.74, 6) is 0. The molecule has 0 atom stereocenters. The minimum Gasteiger partial charge on any atom is -0.390 e. The van der Waals surface area contributed by atoms with Crippen molar-refractivity contribution in [2.75, 3.05) is 6.54 Å². The molecule has 0 spiro atoms. The lowest BCUT2D eigenvalue weighted by molar-refractivity contribution is -0.00306. The molecule has 0 aliphatic heterocycles. The predicted molar refractivity (Wildman–Crippen MR) is 85.7 cm³/mol. The first-order chi connectivity index (χ1) is 9.52. The third-order valence-electron chi connectivity index (χ3n) is 4.12. The maximum Gasteiger partial charge on any atom is 0.0689 e. The van der Waals surface area contributed by atoms with E-state index in [0.29, 0.717) is 22.5 Å². The van der Waals surface area contributed by atoms with E-state index < -0.39 is 5.60 Å². The minimum atomic E-state index is -0.596. The Bertz CT molecular complexity index is 442. The van der Waals surface area contributed by atoms with Gasteiger partial charge in [0.25, 0.3) is 0 Å². The van der Waals surface area contributed by atoms with Gasteiger partial charge in [0.05, 0.1) is 15.6 Å². The van der Waals surface area contributed by atoms with Gasteiger partial charge in [-0.05, 0) is 56.3 Å². The van der Waals surface area contributed by atoms with E-state index in [0.717, 1.165) is 44.2 Å². The van der Waals surface area contributed by atoms with Crippen molar-refractivity contribution < 1.29 is 5.11 Å². The fourth-order valence-corrected chi connectivity index (χ4v) is 3.23. The van der Waals surface area contributed by atoms with E-state index in [4.69, 9.17) is 23.2 Å². The lowest BCUT2D eigenvalue weighted by Crippen LogP contribution is -2.42. The van der Waals surface area contributed by atoms with E-state index >= 15 is 0 Å². The van der Waals surface area contributed by atoms with Crippen molar-refractivity contribution in [1.82, 2.24) is 5.32 Å². The van der Waals surface area contributed by atoms with Gasteiger partial charge in [0.1, 0.15) is 0 Å². The minimum absolute atomic E-state index is 0.559. The van der Waals surface area contributed by atoms with Crippen LogP contribution in [0.3, 0.4) is 0 Å². The highest BCUT2D eigenvalue weighted by Crippen LogP contribution is 2.33. The van der Waals surface area contributed by atoms with Gasteiger partial charge in [-0.25, -0.2) is 0 Å². The summed E-state index contributed by atoms with van der Waals surface area (Å²) in [6.45, 7) is 3.24. The van der Waals surface area contributed by atoms with Crippen LogP contribution in [0.5, 0.6) is 0 Å². The third-order valence-corrected chi connectivity index (χ3v) is 4.86. The van der Waals surface area contributed by atoms with Crippen LogP contribution in [0.15, 0.2) is 18.2 Å². The van der Waals surface area contributed by atoms with E-state index in [9.17, 15) is 5.11 Å². The summed E-state index contributed by atoms with van der Waals surface area (Å²) in [5, 5.41) is 15.4. The van der Waals surface area contributed by atoms with Gasteiger partial charge in [-0.3, -0.25) is 0 Å². The summed E-state index contributed by atoms with van der Waals surface area (Å²) in [4.78, 5) is 0. The topological polar surface area (TPSA) is 32.3 Å². The Morgan fingerprint density at radius 3 is 2.55 bits per heavy atom. The number of rotatable bonds is 5. The summed E-state index contributed by atoms with van der Waals surface area (Å²) in [5.41, 5.74) is 0.462. The molecular weight excluding hydrogens is 293 g/mol. The molecule has 1 aliphatic rings. The molecular formula is C16H23Cl2NO. The molecule has 0 unspecified atom stereocenters. The number of hydrogen-bond donors (Lipinski definition) is 2. The Kier molecular flexibility index (Phi) is 5.74. The molecule has 0 saturated heterocycles. The SMILES string of the molecule is CCCNC1CCC(O)(Cc2ccc(Cl)c(Cl)c2)CC1. The maximum atomic E-state index is 10.7. The van der Waals surface area contributed by atoms with E-state index in [1.165, 1.54) is 0 Å². The van der Waals surface area contributed by atoms with Gasteiger partial charge in [-0.15, -0.1) is 0 Å². The fraction of sp³-hybridized carbons (Fsp3) is 0.625. The molecule has 20 heavy (non-hydrogen) atoms. The van der Waals surface area contributed by atoms with Crippen LogP contribution < -0.4 is 5.32 Å². The van der Waals surface area contributed by atoms with Crippen LogP contribution in [0.25, 0.3) is 0 Å². The zero-order valence-electron chi connectivity index (χ0n) is 12.0. The molecule has 0 amide bonds. The van der Waals surface area contributed by atoms with Crippen LogP contribution in [0.4, 0.5) is 0 Å². The van der Waals surface area contributed by atoms with E-state index in [1.807, 2.05) is 12.1 Å². The van der Waals surface area contributed by atoms with E-state index in [2.05, 4.69) is 12.2 Å². The second-order valence-electron chi connectivity index (χ2n) is 5.88. The average molecular weight is 316 g/mol. The molecule has 1 fully saturated rings. The Hall–Kier alpha value is -0.280. The first kappa shape index (κ1) is 16.1. The molecule has 4 heteroatoms. The van der Waals surface area contributed by atoms with Crippen LogP contribution in [0, 0.1) is 0 Å². The molecule has 0 aromatic heterocycles. The van der Waals surface area contributed by atoms with E-state index in [1.54, 1.807) is 6.07 Å². The Balaban J connectivity index is 1.91. The number of halogens is 2. The van der Waals surface area contributed by atoms with Gasteiger partial charge in [0.15, 0.2) is 0 Å². The van der Waals surface area contributed by atoms with Gasteiger partial charge in [-0.2, -0.15) is 0 Å². The standard InChI is InChI=1S/C16H23Cl2NO/c1-2-9-19-13-5-7-16(20,8-6-13)11-12-3-4-14(17)15(18)10-12/h3-4,10,13,19-20H,2,5-9,11H2,1H3. The fourth-order valence-electron chi connectivity index (χ4n) is 2.91. The second kappa shape index (κ2) is 7.13. The monoisotopic (exact) mass is 315 g/mol. The van der Waals surface area contributed by atoms with Crippen molar-refractivity contribution in [3.8, 4) is 0 Å². The first-order valence-corrected chi connectivity index (χ1v) is 8.18. The Morgan fingerprint density at radius 2 is 1.95 bits per heavy atom. The van der Waals surface area contributed by atoms with Crippen LogP contribution in [-0.2, 0) is 6.42 Å². The summed E-state index contributed by atoms with van der Waals surface area (Å²) < 4.78 is 0. The molecule has 2 nitrogen and oxygen atoms in total. The number of hydrogen-bond acceptors (Lipinski definition) is 2. The highest BCUT2D eigenvalue weighted by Gasteiger charge is 2.33. The number of aliphatic hydroxyl groups is 1. The molecule has 1 aromatic rings. The Morgan fingerprint density at radius 1 is 1.25 bits per heavy atom. The van der Waals surface area contributed by atoms with Gasteiger partial charge >= 0.3 is 0 Å². The lowest BCUT2D eigenvalue weighted by Gasteiger charge is -2.36. The number of nitrogens with one attached hydrogen (secondary N) is 1. The highest BCUT2D eigenvalue weighted by molar-refractivity contribution is 6.42. The van der Waals surface area contributed by atoms with Crippen LogP contribution in [0.2, 0.25) is 10.0 Å². The molecule has 2 N–H and O–H groups in total. The Labute approximate surface area is 131 Å². The van der Waals surface area contributed by atoms with Gasteiger partial charge in [0, 0.05) is 12.5 Å². The zero-order chi connectivity index (χ0) is 14.6. The molecule has 1 aliphatic carbocycles. The molecule has 1 saturated carbocycles. The average Bonchev–Trinajstić information content (AvgIpc) is 2.42. The molecule has 0 heterocycles. The van der Waals surface area contributed by atoms with Crippen LogP contribution >= 0.6 is 23.2 Å². The van der Waals surface area contributed by atoms with Crippen molar-refractivity contribution in [3.05, 3.63) is 33.8 Å². The highest BCUT2D eigenvalue weighted by atomic mass is 35.5. The number of benzene rings is 1. The van der Waals surface area contributed by atoms with Crippen molar-refractivity contribution in [3.63, 3.8) is 0 Å². The molecule has 0 bridgehead atoms. The molecule has 1 aromatic carbocycles. The summed E-state index contributed by atoms with van der Waals surface area (Å²) in [6, 6.07) is 6.18. The zero-order valence-corrected chi connectivity index (χ0v) is 13.5. The summed E-state index contributed by atoms with van der Waals surface area (Å²) >= 11 is 12.0. The largest absolute Gasteiger partial charge is 0.390 e. The summed E-state index contributed by atoms with van der Waals surface area (Å²) in [6.07, 6.45) is 5.58. The predicted octanol–water partition coefficient (Wildman–Crippen LogP) is 4.21. The molecule has 0 radical (unpaired) electrons. The van der Waals surface area contributed by atoms with Crippen LogP contribution in [0.1, 0.15) is 44.6 Å². The van der Waals surface area contributed by atoms with Gasteiger partial charge in [-0.1, -0.05) is 36.2 Å². The molecule has 112 valence electrons. The smallest absolute Gasteiger partial charge is 0.0689 e.